The van der Waals surface area contributed by atoms with E-state index in [1.165, 1.54) is 0 Å². The summed E-state index contributed by atoms with van der Waals surface area (Å²) in [4.78, 5) is 14.3. The van der Waals surface area contributed by atoms with Gasteiger partial charge in [0.15, 0.2) is 0 Å². The summed E-state index contributed by atoms with van der Waals surface area (Å²) in [6.07, 6.45) is 2.75. The number of β-amino-alcohol motifs (C(OH)–C–C–N with tert-alkyl or cyclic N) is 1. The molecule has 1 amide bonds. The molecule has 26 heavy (non-hydrogen) atoms. The van der Waals surface area contributed by atoms with Crippen molar-refractivity contribution in [3.8, 4) is 0 Å². The standard InChI is InChI=1S/C22H23NO3/c24-14-18-21(17-9-5-2-6-10-17)22(18)15-23(13-19(22)25)20(26)12-11-16-7-3-1-4-8-16/h1-12,18-19,21,24-25H,13-15H2/b12-11+/t18-,19-,21-,22-/m1/s1. The summed E-state index contributed by atoms with van der Waals surface area (Å²) >= 11 is 0. The topological polar surface area (TPSA) is 60.8 Å². The lowest BCUT2D eigenvalue weighted by Crippen LogP contribution is -2.27. The number of aliphatic hydroxyl groups excluding tert-OH is 2. The molecule has 4 atom stereocenters. The van der Waals surface area contributed by atoms with E-state index < -0.39 is 11.5 Å². The molecule has 1 aliphatic carbocycles. The van der Waals surface area contributed by atoms with Gasteiger partial charge in [0.05, 0.1) is 6.10 Å². The zero-order valence-corrected chi connectivity index (χ0v) is 14.5. The first-order chi connectivity index (χ1) is 12.7. The molecule has 1 saturated heterocycles. The number of rotatable bonds is 4. The molecule has 0 unspecified atom stereocenters. The monoisotopic (exact) mass is 349 g/mol. The minimum atomic E-state index is -0.612. The summed E-state index contributed by atoms with van der Waals surface area (Å²) < 4.78 is 0. The van der Waals surface area contributed by atoms with Crippen LogP contribution >= 0.6 is 0 Å². The number of benzene rings is 2. The van der Waals surface area contributed by atoms with Crippen LogP contribution in [-0.2, 0) is 4.79 Å². The van der Waals surface area contributed by atoms with Crippen LogP contribution < -0.4 is 0 Å². The van der Waals surface area contributed by atoms with Crippen molar-refractivity contribution in [2.24, 2.45) is 11.3 Å². The van der Waals surface area contributed by atoms with Gasteiger partial charge in [0.1, 0.15) is 0 Å². The first kappa shape index (κ1) is 17.0. The van der Waals surface area contributed by atoms with Crippen LogP contribution in [0.4, 0.5) is 0 Å². The van der Waals surface area contributed by atoms with Gasteiger partial charge in [-0.25, -0.2) is 0 Å². The molecule has 2 aliphatic rings. The van der Waals surface area contributed by atoms with Gasteiger partial charge in [0.25, 0.3) is 0 Å². The van der Waals surface area contributed by atoms with E-state index in [4.69, 9.17) is 0 Å². The van der Waals surface area contributed by atoms with Gasteiger partial charge in [-0.05, 0) is 29.0 Å². The van der Waals surface area contributed by atoms with E-state index in [2.05, 4.69) is 0 Å². The smallest absolute Gasteiger partial charge is 0.246 e. The lowest BCUT2D eigenvalue weighted by Gasteiger charge is -2.15. The lowest BCUT2D eigenvalue weighted by atomic mass is 9.95. The van der Waals surface area contributed by atoms with Gasteiger partial charge >= 0.3 is 0 Å². The van der Waals surface area contributed by atoms with Crippen molar-refractivity contribution in [2.45, 2.75) is 12.0 Å². The molecule has 2 aromatic rings. The van der Waals surface area contributed by atoms with Crippen molar-refractivity contribution in [2.75, 3.05) is 19.7 Å². The molecule has 4 nitrogen and oxygen atoms in total. The van der Waals surface area contributed by atoms with Gasteiger partial charge in [0, 0.05) is 31.2 Å². The van der Waals surface area contributed by atoms with Gasteiger partial charge < -0.3 is 15.1 Å². The Morgan fingerprint density at radius 3 is 2.42 bits per heavy atom. The Bertz CT molecular complexity index is 805. The highest BCUT2D eigenvalue weighted by Gasteiger charge is 2.71. The van der Waals surface area contributed by atoms with Gasteiger partial charge in [-0.2, -0.15) is 0 Å². The van der Waals surface area contributed by atoms with E-state index in [0.29, 0.717) is 13.1 Å². The Hall–Kier alpha value is -2.43. The number of hydrogen-bond acceptors (Lipinski definition) is 3. The molecule has 4 rings (SSSR count). The van der Waals surface area contributed by atoms with E-state index in [-0.39, 0.29) is 24.3 Å². The van der Waals surface area contributed by atoms with Crippen LogP contribution in [0.5, 0.6) is 0 Å². The maximum absolute atomic E-state index is 12.6. The average Bonchev–Trinajstić information content (AvgIpc) is 3.22. The third kappa shape index (κ3) is 2.75. The summed E-state index contributed by atoms with van der Waals surface area (Å²) in [5.74, 6) is -0.00409. The van der Waals surface area contributed by atoms with Crippen LogP contribution in [0.15, 0.2) is 66.7 Å². The van der Waals surface area contributed by atoms with Crippen molar-refractivity contribution >= 4 is 12.0 Å². The summed E-state index contributed by atoms with van der Waals surface area (Å²) in [7, 11) is 0. The van der Waals surface area contributed by atoms with Crippen molar-refractivity contribution in [1.82, 2.24) is 4.90 Å². The second kappa shape index (κ2) is 6.71. The zero-order valence-electron chi connectivity index (χ0n) is 14.5. The molecule has 2 fully saturated rings. The number of hydrogen-bond donors (Lipinski definition) is 2. The van der Waals surface area contributed by atoms with Crippen LogP contribution in [0, 0.1) is 11.3 Å². The molecule has 1 aliphatic heterocycles. The summed E-state index contributed by atoms with van der Waals surface area (Å²) in [6.45, 7) is 0.827. The molecule has 1 spiro atoms. The molecular weight excluding hydrogens is 326 g/mol. The Morgan fingerprint density at radius 1 is 1.12 bits per heavy atom. The van der Waals surface area contributed by atoms with Crippen molar-refractivity contribution in [1.29, 1.82) is 0 Å². The molecule has 134 valence electrons. The quantitative estimate of drug-likeness (QED) is 0.833. The minimum Gasteiger partial charge on any atom is -0.396 e. The molecule has 1 heterocycles. The molecule has 0 bridgehead atoms. The van der Waals surface area contributed by atoms with Crippen LogP contribution in [-0.4, -0.2) is 46.8 Å². The molecule has 2 N–H and O–H groups in total. The number of likely N-dealkylation sites (tertiary alicyclic amines) is 1. The lowest BCUT2D eigenvalue weighted by molar-refractivity contribution is -0.125. The van der Waals surface area contributed by atoms with E-state index in [9.17, 15) is 15.0 Å². The Labute approximate surface area is 153 Å². The highest BCUT2D eigenvalue weighted by molar-refractivity contribution is 5.92. The second-order valence-electron chi connectivity index (χ2n) is 7.27. The number of nitrogens with zero attached hydrogens (tertiary/aromatic N) is 1. The minimum absolute atomic E-state index is 0.00389. The number of aliphatic hydroxyl groups is 2. The number of carbonyl (C=O) groups is 1. The van der Waals surface area contributed by atoms with Crippen molar-refractivity contribution in [3.05, 3.63) is 77.9 Å². The normalized spacial score (nSPS) is 30.2. The zero-order chi connectivity index (χ0) is 18.1. The van der Waals surface area contributed by atoms with E-state index in [1.54, 1.807) is 17.1 Å². The molecule has 0 aromatic heterocycles. The van der Waals surface area contributed by atoms with Gasteiger partial charge in [-0.3, -0.25) is 4.79 Å². The Kier molecular flexibility index (Phi) is 4.39. The van der Waals surface area contributed by atoms with Crippen LogP contribution in [0.3, 0.4) is 0 Å². The largest absolute Gasteiger partial charge is 0.396 e. The predicted octanol–water partition coefficient (Wildman–Crippen LogP) is 2.30. The fourth-order valence-electron chi connectivity index (χ4n) is 4.57. The second-order valence-corrected chi connectivity index (χ2v) is 7.27. The average molecular weight is 349 g/mol. The van der Waals surface area contributed by atoms with Gasteiger partial charge in [-0.15, -0.1) is 0 Å². The highest BCUT2D eigenvalue weighted by Crippen LogP contribution is 2.68. The first-order valence-electron chi connectivity index (χ1n) is 9.02. The molecule has 0 radical (unpaired) electrons. The molecule has 2 aromatic carbocycles. The third-order valence-electron chi connectivity index (χ3n) is 5.93. The number of amides is 1. The number of carbonyl (C=O) groups excluding carboxylic acids is 1. The summed E-state index contributed by atoms with van der Waals surface area (Å²) in [6, 6.07) is 19.7. The fourth-order valence-corrected chi connectivity index (χ4v) is 4.57. The molecular formula is C22H23NO3. The predicted molar refractivity (Wildman–Crippen MR) is 100 cm³/mol. The molecule has 4 heteroatoms. The van der Waals surface area contributed by atoms with Crippen LogP contribution in [0.25, 0.3) is 6.08 Å². The van der Waals surface area contributed by atoms with Crippen molar-refractivity contribution < 1.29 is 15.0 Å². The Morgan fingerprint density at radius 2 is 1.77 bits per heavy atom. The van der Waals surface area contributed by atoms with Crippen molar-refractivity contribution in [3.63, 3.8) is 0 Å². The van der Waals surface area contributed by atoms with Gasteiger partial charge in [0.2, 0.25) is 5.91 Å². The SMILES string of the molecule is O=C(/C=C/c1ccccc1)N1C[C@@H](O)[C@@]2(C1)[C@H](CO)[C@H]2c1ccccc1. The van der Waals surface area contributed by atoms with E-state index >= 15 is 0 Å². The van der Waals surface area contributed by atoms with Crippen LogP contribution in [0.1, 0.15) is 17.0 Å². The maximum atomic E-state index is 12.6. The van der Waals surface area contributed by atoms with Gasteiger partial charge in [-0.1, -0.05) is 60.7 Å². The molecule has 1 saturated carbocycles. The van der Waals surface area contributed by atoms with Crippen LogP contribution in [0.2, 0.25) is 0 Å². The third-order valence-corrected chi connectivity index (χ3v) is 5.93. The Balaban J connectivity index is 1.51. The van der Waals surface area contributed by atoms with E-state index in [0.717, 1.165) is 11.1 Å². The maximum Gasteiger partial charge on any atom is 0.246 e. The first-order valence-corrected chi connectivity index (χ1v) is 9.02. The van der Waals surface area contributed by atoms with E-state index in [1.807, 2.05) is 60.7 Å². The summed E-state index contributed by atoms with van der Waals surface area (Å²) in [5, 5.41) is 20.6. The summed E-state index contributed by atoms with van der Waals surface area (Å²) in [5.41, 5.74) is 1.67. The fraction of sp³-hybridized carbons (Fsp3) is 0.318. The highest BCUT2D eigenvalue weighted by atomic mass is 16.3.